The van der Waals surface area contributed by atoms with Gasteiger partial charge in [-0.25, -0.2) is 0 Å². The van der Waals surface area contributed by atoms with Crippen LogP contribution >= 0.6 is 7.26 Å². The molecule has 34 heavy (non-hydrogen) atoms. The topological polar surface area (TPSA) is 77.4 Å². The number of rotatable bonds is 4. The average molecular weight is 479 g/mol. The number of aliphatic carboxylic acids is 2. The number of carboxylic acid groups (broad SMARTS) is 2. The number of hydrogen-bond acceptors (Lipinski definition) is 3. The lowest BCUT2D eigenvalue weighted by molar-refractivity contribution is -0.302. The van der Waals surface area contributed by atoms with Crippen molar-refractivity contribution in [3.63, 3.8) is 0 Å². The molecular weight excluding hydrogens is 443 g/mol. The second kappa shape index (κ2) is 14.3. The van der Waals surface area contributed by atoms with E-state index in [1.165, 1.54) is 38.5 Å². The summed E-state index contributed by atoms with van der Waals surface area (Å²) in [6, 6.07) is 34.2. The second-order valence-electron chi connectivity index (χ2n) is 8.39. The Kier molecular flexibility index (Phi) is 11.5. The number of carbonyl (C=O) groups is 2. The third-order valence-electron chi connectivity index (χ3n) is 5.86. The van der Waals surface area contributed by atoms with Crippen LogP contribution < -0.4 is 21.0 Å². The van der Waals surface area contributed by atoms with Crippen LogP contribution in [0.4, 0.5) is 0 Å². The molecule has 0 radical (unpaired) electrons. The molecule has 3 aromatic rings. The van der Waals surface area contributed by atoms with Gasteiger partial charge in [-0.15, -0.1) is 0 Å². The summed E-state index contributed by atoms with van der Waals surface area (Å²) in [6.45, 7) is 2.06. The highest BCUT2D eigenvalue weighted by Crippen LogP contribution is 2.62. The Morgan fingerprint density at radius 3 is 1.21 bits per heavy atom. The normalized spacial score (nSPS) is 13.8. The van der Waals surface area contributed by atoms with E-state index in [0.29, 0.717) is 0 Å². The van der Waals surface area contributed by atoms with Crippen molar-refractivity contribution in [2.75, 3.05) is 0 Å². The molecule has 0 aromatic heterocycles. The molecule has 5 heteroatoms. The molecule has 1 aliphatic rings. The molecule has 1 saturated carbocycles. The van der Waals surface area contributed by atoms with Crippen molar-refractivity contribution in [3.05, 3.63) is 91.0 Å². The molecule has 0 saturated heterocycles. The first-order valence-electron chi connectivity index (χ1n) is 11.8. The molecule has 1 aliphatic carbocycles. The maximum Gasteiger partial charge on any atom is 0.300 e. The fourth-order valence-electron chi connectivity index (χ4n) is 4.71. The summed E-state index contributed by atoms with van der Waals surface area (Å²) in [5.41, 5.74) is 0.747. The molecule has 1 N–H and O–H groups in total. The van der Waals surface area contributed by atoms with Crippen LogP contribution in [0.15, 0.2) is 91.0 Å². The van der Waals surface area contributed by atoms with Gasteiger partial charge in [0.1, 0.15) is 23.2 Å². The quantitative estimate of drug-likeness (QED) is 0.441. The Balaban J connectivity index is 0.000000446. The Morgan fingerprint density at radius 2 is 0.941 bits per heavy atom. The lowest BCUT2D eigenvalue weighted by atomic mass is 10.2. The Bertz CT molecular complexity index is 866. The summed E-state index contributed by atoms with van der Waals surface area (Å²) in [4.78, 5) is 17.9. The van der Waals surface area contributed by atoms with E-state index in [0.717, 1.165) is 19.5 Å². The van der Waals surface area contributed by atoms with E-state index in [4.69, 9.17) is 19.8 Å². The highest BCUT2D eigenvalue weighted by molar-refractivity contribution is 7.96. The van der Waals surface area contributed by atoms with E-state index >= 15 is 0 Å². The van der Waals surface area contributed by atoms with Gasteiger partial charge in [-0.3, -0.25) is 4.79 Å². The maximum absolute atomic E-state index is 9.00. The van der Waals surface area contributed by atoms with Crippen molar-refractivity contribution in [1.29, 1.82) is 0 Å². The Labute approximate surface area is 204 Å². The van der Waals surface area contributed by atoms with Gasteiger partial charge in [0.2, 0.25) is 0 Å². The minimum absolute atomic E-state index is 0.747. The van der Waals surface area contributed by atoms with Crippen molar-refractivity contribution in [1.82, 2.24) is 0 Å². The SMILES string of the molecule is CC(=O)O.CC(=O)[O-].c1ccc([P+](c2ccccc2)(c2ccccc2)C2CCCCCC2)cc1. The minimum atomic E-state index is -1.66. The van der Waals surface area contributed by atoms with Crippen molar-refractivity contribution >= 4 is 35.1 Å². The highest BCUT2D eigenvalue weighted by Gasteiger charge is 2.51. The molecule has 180 valence electrons. The smallest absolute Gasteiger partial charge is 0.300 e. The van der Waals surface area contributed by atoms with Crippen LogP contribution in [0.3, 0.4) is 0 Å². The zero-order chi connectivity index (χ0) is 24.8. The summed E-state index contributed by atoms with van der Waals surface area (Å²) in [7, 11) is -1.66. The van der Waals surface area contributed by atoms with Gasteiger partial charge in [-0.1, -0.05) is 67.4 Å². The predicted octanol–water partition coefficient (Wildman–Crippen LogP) is 4.55. The highest BCUT2D eigenvalue weighted by atomic mass is 31.2. The van der Waals surface area contributed by atoms with Gasteiger partial charge in [0.15, 0.2) is 0 Å². The zero-order valence-corrected chi connectivity index (χ0v) is 21.0. The van der Waals surface area contributed by atoms with E-state index < -0.39 is 19.2 Å². The summed E-state index contributed by atoms with van der Waals surface area (Å²) < 4.78 is 0. The average Bonchev–Trinajstić information content (AvgIpc) is 3.11. The summed E-state index contributed by atoms with van der Waals surface area (Å²) in [6.07, 6.45) is 8.25. The predicted molar refractivity (Wildman–Crippen MR) is 141 cm³/mol. The lowest BCUT2D eigenvalue weighted by Gasteiger charge is -2.34. The van der Waals surface area contributed by atoms with Crippen molar-refractivity contribution in [3.8, 4) is 0 Å². The fraction of sp³-hybridized carbons (Fsp3) is 0.310. The first-order chi connectivity index (χ1) is 16.4. The van der Waals surface area contributed by atoms with E-state index in [1.54, 1.807) is 15.9 Å². The maximum atomic E-state index is 9.00. The summed E-state index contributed by atoms with van der Waals surface area (Å²) in [5.74, 6) is -1.92. The van der Waals surface area contributed by atoms with Crippen LogP contribution in [0.2, 0.25) is 0 Å². The number of carboxylic acids is 2. The monoisotopic (exact) mass is 478 g/mol. The molecule has 0 spiro atoms. The molecule has 4 rings (SSSR count). The van der Waals surface area contributed by atoms with Gasteiger partial charge in [-0.2, -0.15) is 0 Å². The van der Waals surface area contributed by atoms with Crippen molar-refractivity contribution in [2.24, 2.45) is 0 Å². The fourth-order valence-corrected chi connectivity index (χ4v) is 9.94. The number of benzene rings is 3. The van der Waals surface area contributed by atoms with Gasteiger partial charge < -0.3 is 15.0 Å². The van der Waals surface area contributed by atoms with Gasteiger partial charge in [0, 0.05) is 12.9 Å². The van der Waals surface area contributed by atoms with E-state index in [-0.39, 0.29) is 0 Å². The molecule has 4 nitrogen and oxygen atoms in total. The van der Waals surface area contributed by atoms with Crippen LogP contribution in [0.1, 0.15) is 52.4 Å². The second-order valence-corrected chi connectivity index (χ2v) is 12.1. The molecule has 1 fully saturated rings. The first-order valence-corrected chi connectivity index (χ1v) is 13.7. The molecule has 0 atom stereocenters. The van der Waals surface area contributed by atoms with Crippen molar-refractivity contribution < 1.29 is 19.8 Å². The Morgan fingerprint density at radius 1 is 0.676 bits per heavy atom. The van der Waals surface area contributed by atoms with Crippen LogP contribution in [0, 0.1) is 0 Å². The van der Waals surface area contributed by atoms with E-state index in [1.807, 2.05) is 0 Å². The largest absolute Gasteiger partial charge is 0.550 e. The Hall–Kier alpha value is -2.97. The molecule has 3 aromatic carbocycles. The van der Waals surface area contributed by atoms with Crippen LogP contribution in [-0.2, 0) is 9.59 Å². The van der Waals surface area contributed by atoms with Crippen LogP contribution in [0.5, 0.6) is 0 Å². The number of carbonyl (C=O) groups excluding carboxylic acids is 1. The molecule has 0 heterocycles. The van der Waals surface area contributed by atoms with Gasteiger partial charge >= 0.3 is 0 Å². The van der Waals surface area contributed by atoms with Gasteiger partial charge in [-0.05, 0) is 69.0 Å². The third kappa shape index (κ3) is 7.81. The standard InChI is InChI=1S/C25H28P.2C2H4O2/c1-2-7-15-22(14-6-1)26(23-16-8-3-9-17-23,24-18-10-4-11-19-24)25-20-12-5-13-21-25;2*1-2(3)4/h3-5,8-13,16-22H,1-2,6-7,14-15H2;2*1H3,(H,3,4)/q+1;;/p-1. The summed E-state index contributed by atoms with van der Waals surface area (Å²) >= 11 is 0. The third-order valence-corrected chi connectivity index (χ3v) is 10.8. The number of hydrogen-bond donors (Lipinski definition) is 1. The molecular formula is C29H35O4P. The molecule has 0 bridgehead atoms. The minimum Gasteiger partial charge on any atom is -0.550 e. The van der Waals surface area contributed by atoms with Gasteiger partial charge in [0.05, 0.1) is 5.66 Å². The summed E-state index contributed by atoms with van der Waals surface area (Å²) in [5, 5.41) is 20.9. The molecule has 0 unspecified atom stereocenters. The van der Waals surface area contributed by atoms with E-state index in [2.05, 4.69) is 91.0 Å². The van der Waals surface area contributed by atoms with E-state index in [9.17, 15) is 0 Å². The first kappa shape index (κ1) is 27.3. The zero-order valence-electron chi connectivity index (χ0n) is 20.1. The van der Waals surface area contributed by atoms with Crippen molar-refractivity contribution in [2.45, 2.75) is 58.0 Å². The molecule has 0 amide bonds. The van der Waals surface area contributed by atoms with Crippen LogP contribution in [-0.4, -0.2) is 22.7 Å². The van der Waals surface area contributed by atoms with Crippen LogP contribution in [0.25, 0.3) is 0 Å². The van der Waals surface area contributed by atoms with Gasteiger partial charge in [0.25, 0.3) is 5.97 Å². The lowest BCUT2D eigenvalue weighted by Crippen LogP contribution is -2.38. The molecule has 0 aliphatic heterocycles.